The third-order valence-electron chi connectivity index (χ3n) is 5.56. The summed E-state index contributed by atoms with van der Waals surface area (Å²) in [5.74, 6) is -0.881. The quantitative estimate of drug-likeness (QED) is 0.657. The van der Waals surface area contributed by atoms with E-state index in [9.17, 15) is 18.8 Å². The van der Waals surface area contributed by atoms with Crippen molar-refractivity contribution in [2.75, 3.05) is 13.1 Å². The molecule has 3 atom stereocenters. The van der Waals surface area contributed by atoms with Crippen molar-refractivity contribution in [3.63, 3.8) is 0 Å². The van der Waals surface area contributed by atoms with Crippen molar-refractivity contribution in [2.24, 2.45) is 0 Å². The highest BCUT2D eigenvalue weighted by molar-refractivity contribution is 6.05. The van der Waals surface area contributed by atoms with Crippen molar-refractivity contribution in [1.29, 1.82) is 0 Å². The average molecular weight is 374 g/mol. The molecule has 0 spiro atoms. The lowest BCUT2D eigenvalue weighted by Gasteiger charge is -2.29. The van der Waals surface area contributed by atoms with Crippen LogP contribution in [0.1, 0.15) is 40.7 Å². The molecule has 3 aliphatic rings. The fourth-order valence-corrected chi connectivity index (χ4v) is 4.04. The number of amides is 3. The molecule has 1 aromatic rings. The molecule has 3 aliphatic heterocycles. The van der Waals surface area contributed by atoms with Crippen LogP contribution in [0.15, 0.2) is 18.2 Å². The monoisotopic (exact) mass is 374 g/mol. The Morgan fingerprint density at radius 3 is 2.85 bits per heavy atom. The normalized spacial score (nSPS) is 28.3. The molecule has 144 valence electrons. The second kappa shape index (κ2) is 7.36. The van der Waals surface area contributed by atoms with E-state index in [-0.39, 0.29) is 24.3 Å². The van der Waals surface area contributed by atoms with Crippen molar-refractivity contribution < 1.29 is 18.8 Å². The van der Waals surface area contributed by atoms with E-state index >= 15 is 0 Å². The van der Waals surface area contributed by atoms with Crippen LogP contribution < -0.4 is 16.0 Å². The summed E-state index contributed by atoms with van der Waals surface area (Å²) in [6, 6.07) is 4.81. The smallest absolute Gasteiger partial charge is 0.255 e. The molecule has 3 heterocycles. The van der Waals surface area contributed by atoms with E-state index in [2.05, 4.69) is 16.0 Å². The van der Waals surface area contributed by atoms with Crippen LogP contribution in [0.3, 0.4) is 0 Å². The van der Waals surface area contributed by atoms with Crippen LogP contribution in [-0.4, -0.2) is 54.0 Å². The van der Waals surface area contributed by atoms with Crippen LogP contribution in [0.4, 0.5) is 4.39 Å². The zero-order chi connectivity index (χ0) is 19.0. The third kappa shape index (κ3) is 3.59. The van der Waals surface area contributed by atoms with E-state index in [0.717, 1.165) is 24.1 Å². The highest BCUT2D eigenvalue weighted by Crippen LogP contribution is 2.28. The first-order valence-corrected chi connectivity index (χ1v) is 9.37. The average Bonchev–Trinajstić information content (AvgIpc) is 2.97. The third-order valence-corrected chi connectivity index (χ3v) is 5.56. The van der Waals surface area contributed by atoms with Crippen molar-refractivity contribution in [3.05, 3.63) is 34.9 Å². The molecule has 0 radical (unpaired) electrons. The maximum atomic E-state index is 13.9. The number of carbonyl (C=O) groups is 3. The summed E-state index contributed by atoms with van der Waals surface area (Å²) < 4.78 is 13.9. The molecule has 1 unspecified atom stereocenters. The predicted molar refractivity (Wildman–Crippen MR) is 95.5 cm³/mol. The van der Waals surface area contributed by atoms with Crippen molar-refractivity contribution in [1.82, 2.24) is 20.9 Å². The highest BCUT2D eigenvalue weighted by atomic mass is 19.1. The summed E-state index contributed by atoms with van der Waals surface area (Å²) in [5, 5.41) is 8.60. The maximum absolute atomic E-state index is 13.9. The molecule has 4 rings (SSSR count). The van der Waals surface area contributed by atoms with Crippen molar-refractivity contribution >= 4 is 17.7 Å². The van der Waals surface area contributed by atoms with Gasteiger partial charge in [0, 0.05) is 37.7 Å². The number of rotatable bonds is 4. The van der Waals surface area contributed by atoms with Crippen molar-refractivity contribution in [3.8, 4) is 0 Å². The fourth-order valence-electron chi connectivity index (χ4n) is 4.04. The number of alkyl halides is 1. The summed E-state index contributed by atoms with van der Waals surface area (Å²) in [7, 11) is 0. The molecule has 3 amide bonds. The van der Waals surface area contributed by atoms with Crippen LogP contribution in [0.5, 0.6) is 0 Å². The maximum Gasteiger partial charge on any atom is 0.255 e. The molecular formula is C19H23FN4O3. The Morgan fingerprint density at radius 1 is 1.22 bits per heavy atom. The topological polar surface area (TPSA) is 90.5 Å². The first-order chi connectivity index (χ1) is 13.0. The van der Waals surface area contributed by atoms with Gasteiger partial charge < -0.3 is 15.5 Å². The summed E-state index contributed by atoms with van der Waals surface area (Å²) in [6.07, 6.45) is 0.435. The number of fused-ring (bicyclic) bond motifs is 1. The van der Waals surface area contributed by atoms with E-state index < -0.39 is 18.1 Å². The SMILES string of the molecule is O=C1CCC(N2Cc3cc(CN[C@@H]4CCNC[C@H]4F)ccc3C2=O)C(=O)N1. The number of halogens is 1. The molecule has 3 N–H and O–H groups in total. The van der Waals surface area contributed by atoms with Crippen molar-refractivity contribution in [2.45, 2.75) is 50.6 Å². The Hall–Kier alpha value is -2.32. The lowest BCUT2D eigenvalue weighted by molar-refractivity contribution is -0.136. The summed E-state index contributed by atoms with van der Waals surface area (Å²) in [6.45, 7) is 2.06. The minimum Gasteiger partial charge on any atom is -0.322 e. The number of hydrogen-bond acceptors (Lipinski definition) is 5. The lowest BCUT2D eigenvalue weighted by atomic mass is 10.0. The van der Waals surface area contributed by atoms with Gasteiger partial charge in [-0.2, -0.15) is 0 Å². The van der Waals surface area contributed by atoms with Gasteiger partial charge in [-0.1, -0.05) is 12.1 Å². The Kier molecular flexibility index (Phi) is 4.92. The summed E-state index contributed by atoms with van der Waals surface area (Å²) in [5.41, 5.74) is 2.44. The molecule has 7 nitrogen and oxygen atoms in total. The minimum absolute atomic E-state index is 0.166. The first-order valence-electron chi connectivity index (χ1n) is 9.37. The second-order valence-corrected chi connectivity index (χ2v) is 7.39. The minimum atomic E-state index is -0.905. The van der Waals surface area contributed by atoms with Gasteiger partial charge in [0.15, 0.2) is 0 Å². The molecule has 0 saturated carbocycles. The summed E-state index contributed by atoms with van der Waals surface area (Å²) in [4.78, 5) is 37.6. The Balaban J connectivity index is 1.43. The standard InChI is InChI=1S/C19H23FN4O3/c20-14-9-21-6-5-15(14)22-8-11-1-2-13-12(7-11)10-24(19(13)27)16-3-4-17(25)23-18(16)26/h1-2,7,14-16,21-22H,3-6,8-10H2,(H,23,25,26)/t14-,15-,16?/m1/s1. The molecule has 0 aliphatic carbocycles. The van der Waals surface area contributed by atoms with Gasteiger partial charge in [-0.25, -0.2) is 4.39 Å². The number of imide groups is 1. The number of benzene rings is 1. The zero-order valence-corrected chi connectivity index (χ0v) is 15.0. The van der Waals surface area contributed by atoms with Gasteiger partial charge in [0.05, 0.1) is 0 Å². The fraction of sp³-hybridized carbons (Fsp3) is 0.526. The molecule has 27 heavy (non-hydrogen) atoms. The molecule has 1 aromatic carbocycles. The van der Waals surface area contributed by atoms with Crippen LogP contribution in [0.2, 0.25) is 0 Å². The largest absolute Gasteiger partial charge is 0.322 e. The van der Waals surface area contributed by atoms with Gasteiger partial charge in [-0.15, -0.1) is 0 Å². The molecule has 2 saturated heterocycles. The predicted octanol–water partition coefficient (Wildman–Crippen LogP) is 0.237. The Morgan fingerprint density at radius 2 is 2.07 bits per heavy atom. The number of piperidine rings is 2. The van der Waals surface area contributed by atoms with E-state index in [1.807, 2.05) is 12.1 Å². The van der Waals surface area contributed by atoms with E-state index in [1.165, 1.54) is 4.90 Å². The Labute approximate surface area is 156 Å². The van der Waals surface area contributed by atoms with Crippen LogP contribution >= 0.6 is 0 Å². The van der Waals surface area contributed by atoms with Gasteiger partial charge in [-0.3, -0.25) is 19.7 Å². The lowest BCUT2D eigenvalue weighted by Crippen LogP contribution is -2.52. The van der Waals surface area contributed by atoms with Gasteiger partial charge >= 0.3 is 0 Å². The second-order valence-electron chi connectivity index (χ2n) is 7.39. The number of nitrogens with one attached hydrogen (secondary N) is 3. The van der Waals surface area contributed by atoms with E-state index in [4.69, 9.17) is 0 Å². The van der Waals surface area contributed by atoms with Gasteiger partial charge in [0.25, 0.3) is 5.91 Å². The van der Waals surface area contributed by atoms with E-state index in [1.54, 1.807) is 6.07 Å². The van der Waals surface area contributed by atoms with Crippen LogP contribution in [-0.2, 0) is 22.7 Å². The van der Waals surface area contributed by atoms with Crippen LogP contribution in [0.25, 0.3) is 0 Å². The molecule has 0 bridgehead atoms. The van der Waals surface area contributed by atoms with E-state index in [0.29, 0.717) is 31.6 Å². The molecular weight excluding hydrogens is 351 g/mol. The zero-order valence-electron chi connectivity index (χ0n) is 15.0. The molecule has 8 heteroatoms. The van der Waals surface area contributed by atoms with Gasteiger partial charge in [0.1, 0.15) is 12.2 Å². The molecule has 2 fully saturated rings. The van der Waals surface area contributed by atoms with Gasteiger partial charge in [0.2, 0.25) is 11.8 Å². The number of carbonyl (C=O) groups excluding carboxylic acids is 3. The summed E-state index contributed by atoms with van der Waals surface area (Å²) >= 11 is 0. The molecule has 0 aromatic heterocycles. The number of nitrogens with zero attached hydrogens (tertiary/aromatic N) is 1. The first kappa shape index (κ1) is 18.1. The Bertz CT molecular complexity index is 784. The van der Waals surface area contributed by atoms with Crippen LogP contribution in [0, 0.1) is 0 Å². The highest BCUT2D eigenvalue weighted by Gasteiger charge is 2.39. The number of hydrogen-bond donors (Lipinski definition) is 3. The van der Waals surface area contributed by atoms with Gasteiger partial charge in [-0.05, 0) is 36.6 Å².